The van der Waals surface area contributed by atoms with Crippen molar-refractivity contribution in [2.45, 2.75) is 51.5 Å². The SMILES string of the molecule is CCOc1ccc2ccccc2c1C(=O)Nc1nnc(NCCCNC2CCCCC2)s1. The molecule has 0 unspecified atom stereocenters. The number of hydrogen-bond acceptors (Lipinski definition) is 7. The number of carbonyl (C=O) groups excluding carboxylic acids is 1. The van der Waals surface area contributed by atoms with Crippen LogP contribution in [-0.4, -0.2) is 41.8 Å². The Bertz CT molecular complexity index is 1030. The summed E-state index contributed by atoms with van der Waals surface area (Å²) in [4.78, 5) is 13.1. The summed E-state index contributed by atoms with van der Waals surface area (Å²) >= 11 is 1.34. The smallest absolute Gasteiger partial charge is 0.261 e. The first-order valence-corrected chi connectivity index (χ1v) is 12.3. The van der Waals surface area contributed by atoms with Crippen LogP contribution in [0.4, 0.5) is 10.3 Å². The van der Waals surface area contributed by atoms with Gasteiger partial charge >= 0.3 is 0 Å². The molecule has 0 spiro atoms. The Balaban J connectivity index is 1.32. The molecule has 2 aromatic carbocycles. The Morgan fingerprint density at radius 1 is 1.06 bits per heavy atom. The van der Waals surface area contributed by atoms with E-state index in [9.17, 15) is 4.79 Å². The van der Waals surface area contributed by atoms with E-state index in [1.54, 1.807) is 0 Å². The predicted octanol–water partition coefficient (Wildman–Crippen LogP) is 5.07. The van der Waals surface area contributed by atoms with Crippen molar-refractivity contribution >= 4 is 38.3 Å². The minimum Gasteiger partial charge on any atom is -0.493 e. The van der Waals surface area contributed by atoms with Crippen LogP contribution in [0, 0.1) is 0 Å². The van der Waals surface area contributed by atoms with E-state index >= 15 is 0 Å². The van der Waals surface area contributed by atoms with Crippen LogP contribution in [0.2, 0.25) is 0 Å². The summed E-state index contributed by atoms with van der Waals surface area (Å²) in [6.45, 7) is 4.22. The maximum Gasteiger partial charge on any atom is 0.261 e. The third-order valence-corrected chi connectivity index (χ3v) is 6.53. The van der Waals surface area contributed by atoms with E-state index in [0.29, 0.717) is 34.2 Å². The maximum atomic E-state index is 13.1. The highest BCUT2D eigenvalue weighted by molar-refractivity contribution is 7.19. The molecule has 170 valence electrons. The zero-order valence-electron chi connectivity index (χ0n) is 18.5. The molecule has 7 nitrogen and oxygen atoms in total. The molecule has 1 heterocycles. The van der Waals surface area contributed by atoms with Crippen molar-refractivity contribution < 1.29 is 9.53 Å². The number of carbonyl (C=O) groups is 1. The van der Waals surface area contributed by atoms with Crippen molar-refractivity contribution in [2.24, 2.45) is 0 Å². The van der Waals surface area contributed by atoms with Crippen LogP contribution in [0.1, 0.15) is 55.8 Å². The average Bonchev–Trinajstić information content (AvgIpc) is 3.26. The van der Waals surface area contributed by atoms with E-state index in [4.69, 9.17) is 4.74 Å². The lowest BCUT2D eigenvalue weighted by Gasteiger charge is -2.22. The molecule has 1 aromatic heterocycles. The average molecular weight is 454 g/mol. The summed E-state index contributed by atoms with van der Waals surface area (Å²) in [5.41, 5.74) is 0.517. The van der Waals surface area contributed by atoms with Crippen molar-refractivity contribution in [3.63, 3.8) is 0 Å². The van der Waals surface area contributed by atoms with Gasteiger partial charge in [0, 0.05) is 12.6 Å². The number of amides is 1. The Morgan fingerprint density at radius 2 is 1.88 bits per heavy atom. The molecule has 1 aliphatic rings. The van der Waals surface area contributed by atoms with E-state index in [1.807, 2.05) is 43.3 Å². The quantitative estimate of drug-likeness (QED) is 0.372. The molecule has 1 saturated carbocycles. The number of benzene rings is 2. The molecule has 32 heavy (non-hydrogen) atoms. The first kappa shape index (κ1) is 22.5. The Kier molecular flexibility index (Phi) is 7.90. The van der Waals surface area contributed by atoms with Crippen LogP contribution < -0.4 is 20.7 Å². The van der Waals surface area contributed by atoms with Crippen molar-refractivity contribution in [3.8, 4) is 5.75 Å². The third kappa shape index (κ3) is 5.75. The van der Waals surface area contributed by atoms with Gasteiger partial charge in [0.25, 0.3) is 5.91 Å². The molecule has 0 aliphatic heterocycles. The molecule has 0 atom stereocenters. The number of ether oxygens (including phenoxy) is 1. The summed E-state index contributed by atoms with van der Waals surface area (Å²) in [6.07, 6.45) is 7.69. The molecular weight excluding hydrogens is 422 g/mol. The second kappa shape index (κ2) is 11.2. The fourth-order valence-electron chi connectivity index (χ4n) is 4.16. The molecular formula is C24H31N5O2S. The Labute approximate surface area is 193 Å². The number of fused-ring (bicyclic) bond motifs is 1. The van der Waals surface area contributed by atoms with Gasteiger partial charge in [-0.2, -0.15) is 0 Å². The van der Waals surface area contributed by atoms with Gasteiger partial charge in [-0.25, -0.2) is 0 Å². The molecule has 1 amide bonds. The van der Waals surface area contributed by atoms with E-state index in [1.165, 1.54) is 43.4 Å². The first-order chi connectivity index (χ1) is 15.7. The second-order valence-corrected chi connectivity index (χ2v) is 9.01. The highest BCUT2D eigenvalue weighted by Crippen LogP contribution is 2.30. The standard InChI is InChI=1S/C24H31N5O2S/c1-2-31-20-14-13-17-9-6-7-12-19(17)21(20)22(30)27-24-29-28-23(32-24)26-16-8-15-25-18-10-4-3-5-11-18/h6-7,9,12-14,18,25H,2-5,8,10-11,15-16H2,1H3,(H,26,28)(H,27,29,30). The van der Waals surface area contributed by atoms with Crippen LogP contribution >= 0.6 is 11.3 Å². The van der Waals surface area contributed by atoms with E-state index in [2.05, 4.69) is 26.1 Å². The van der Waals surface area contributed by atoms with Crippen LogP contribution in [0.5, 0.6) is 5.75 Å². The molecule has 8 heteroatoms. The van der Waals surface area contributed by atoms with Gasteiger partial charge < -0.3 is 15.4 Å². The molecule has 1 fully saturated rings. The molecule has 1 aliphatic carbocycles. The van der Waals surface area contributed by atoms with Gasteiger partial charge in [-0.1, -0.05) is 60.9 Å². The zero-order valence-corrected chi connectivity index (χ0v) is 19.3. The van der Waals surface area contributed by atoms with Crippen LogP contribution in [-0.2, 0) is 0 Å². The number of anilines is 2. The predicted molar refractivity (Wildman–Crippen MR) is 131 cm³/mol. The summed E-state index contributed by atoms with van der Waals surface area (Å²) in [5, 5.41) is 21.1. The van der Waals surface area contributed by atoms with E-state index in [0.717, 1.165) is 30.3 Å². The number of rotatable bonds is 10. The summed E-state index contributed by atoms with van der Waals surface area (Å²) in [7, 11) is 0. The van der Waals surface area contributed by atoms with Crippen molar-refractivity contribution in [1.82, 2.24) is 15.5 Å². The van der Waals surface area contributed by atoms with Gasteiger partial charge in [0.15, 0.2) is 0 Å². The van der Waals surface area contributed by atoms with Gasteiger partial charge in [-0.3, -0.25) is 10.1 Å². The lowest BCUT2D eigenvalue weighted by Crippen LogP contribution is -2.32. The summed E-state index contributed by atoms with van der Waals surface area (Å²) < 4.78 is 5.72. The van der Waals surface area contributed by atoms with Gasteiger partial charge in [0.2, 0.25) is 10.3 Å². The van der Waals surface area contributed by atoms with Crippen LogP contribution in [0.3, 0.4) is 0 Å². The van der Waals surface area contributed by atoms with Gasteiger partial charge in [0.1, 0.15) is 5.75 Å². The zero-order chi connectivity index (χ0) is 22.2. The monoisotopic (exact) mass is 453 g/mol. The second-order valence-electron chi connectivity index (χ2n) is 8.03. The summed E-state index contributed by atoms with van der Waals surface area (Å²) in [6, 6.07) is 12.3. The normalized spacial score (nSPS) is 14.4. The number of aromatic nitrogens is 2. The molecule has 3 aromatic rings. The number of nitrogens with zero attached hydrogens (tertiary/aromatic N) is 2. The minimum absolute atomic E-state index is 0.246. The van der Waals surface area contributed by atoms with Gasteiger partial charge in [0.05, 0.1) is 12.2 Å². The lowest BCUT2D eigenvalue weighted by atomic mass is 9.95. The minimum atomic E-state index is -0.246. The Hall–Kier alpha value is -2.71. The molecule has 0 radical (unpaired) electrons. The number of nitrogens with one attached hydrogen (secondary N) is 3. The fraction of sp³-hybridized carbons (Fsp3) is 0.458. The van der Waals surface area contributed by atoms with Crippen LogP contribution in [0.15, 0.2) is 36.4 Å². The summed E-state index contributed by atoms with van der Waals surface area (Å²) in [5.74, 6) is 0.321. The van der Waals surface area contributed by atoms with Crippen molar-refractivity contribution in [2.75, 3.05) is 30.3 Å². The molecule has 4 rings (SSSR count). The molecule has 3 N–H and O–H groups in total. The van der Waals surface area contributed by atoms with Crippen molar-refractivity contribution in [3.05, 3.63) is 42.0 Å². The molecule has 0 bridgehead atoms. The van der Waals surface area contributed by atoms with Crippen LogP contribution in [0.25, 0.3) is 10.8 Å². The highest BCUT2D eigenvalue weighted by atomic mass is 32.1. The number of hydrogen-bond donors (Lipinski definition) is 3. The fourth-order valence-corrected chi connectivity index (χ4v) is 4.83. The Morgan fingerprint density at radius 3 is 2.72 bits per heavy atom. The first-order valence-electron chi connectivity index (χ1n) is 11.5. The largest absolute Gasteiger partial charge is 0.493 e. The maximum absolute atomic E-state index is 13.1. The topological polar surface area (TPSA) is 88.2 Å². The van der Waals surface area contributed by atoms with E-state index < -0.39 is 0 Å². The third-order valence-electron chi connectivity index (χ3n) is 5.73. The van der Waals surface area contributed by atoms with Gasteiger partial charge in [-0.15, -0.1) is 10.2 Å². The lowest BCUT2D eigenvalue weighted by molar-refractivity contribution is 0.102. The highest BCUT2D eigenvalue weighted by Gasteiger charge is 2.18. The van der Waals surface area contributed by atoms with Gasteiger partial charge in [-0.05, 0) is 49.6 Å². The molecule has 0 saturated heterocycles. The van der Waals surface area contributed by atoms with Crippen molar-refractivity contribution in [1.29, 1.82) is 0 Å². The van der Waals surface area contributed by atoms with E-state index in [-0.39, 0.29) is 5.91 Å².